The van der Waals surface area contributed by atoms with Crippen LogP contribution in [0.1, 0.15) is 22.8 Å². The van der Waals surface area contributed by atoms with Gasteiger partial charge in [0.2, 0.25) is 0 Å². The van der Waals surface area contributed by atoms with Gasteiger partial charge in [0.05, 0.1) is 6.61 Å². The summed E-state index contributed by atoms with van der Waals surface area (Å²) in [4.78, 5) is 24.9. The Morgan fingerprint density at radius 1 is 1.42 bits per heavy atom. The van der Waals surface area contributed by atoms with Gasteiger partial charge in [-0.2, -0.15) is 0 Å². The summed E-state index contributed by atoms with van der Waals surface area (Å²) in [6.07, 6.45) is 0. The zero-order valence-corrected chi connectivity index (χ0v) is 12.8. The minimum Gasteiger partial charge on any atom is -0.465 e. The van der Waals surface area contributed by atoms with Gasteiger partial charge in [0.1, 0.15) is 6.54 Å². The van der Waals surface area contributed by atoms with Crippen molar-refractivity contribution in [3.05, 3.63) is 27.7 Å². The molecule has 1 aromatic carbocycles. The zero-order chi connectivity index (χ0) is 14.6. The molecule has 0 aliphatic heterocycles. The third-order valence-corrected chi connectivity index (χ3v) is 3.12. The quantitative estimate of drug-likeness (QED) is 0.677. The van der Waals surface area contributed by atoms with Gasteiger partial charge in [-0.25, -0.2) is 0 Å². The number of ether oxygens (including phenoxy) is 1. The fraction of sp³-hybridized carbons (Fsp3) is 0.385. The number of halogens is 1. The summed E-state index contributed by atoms with van der Waals surface area (Å²) in [6, 6.07) is 3.42. The number of esters is 1. The molecule has 0 heterocycles. The molecular weight excluding hydrogens is 312 g/mol. The van der Waals surface area contributed by atoms with Crippen molar-refractivity contribution in [2.24, 2.45) is 0 Å². The van der Waals surface area contributed by atoms with Crippen molar-refractivity contribution in [2.45, 2.75) is 13.8 Å². The summed E-state index contributed by atoms with van der Waals surface area (Å²) in [5.41, 5.74) is 7.51. The summed E-state index contributed by atoms with van der Waals surface area (Å²) < 4.78 is 5.53. The molecule has 0 aliphatic rings. The molecule has 5 nitrogen and oxygen atoms in total. The SMILES string of the molecule is CCOC(=O)CN(C)C(=O)c1cc(Br)cc(N)c1C. The van der Waals surface area contributed by atoms with Crippen LogP contribution in [0.4, 0.5) is 5.69 Å². The van der Waals surface area contributed by atoms with Gasteiger partial charge in [-0.05, 0) is 31.5 Å². The van der Waals surface area contributed by atoms with E-state index in [0.29, 0.717) is 23.4 Å². The first kappa shape index (κ1) is 15.5. The number of hydrogen-bond donors (Lipinski definition) is 1. The maximum Gasteiger partial charge on any atom is 0.325 e. The number of hydrogen-bond acceptors (Lipinski definition) is 4. The Balaban J connectivity index is 2.91. The lowest BCUT2D eigenvalue weighted by Gasteiger charge is -2.18. The molecule has 0 radical (unpaired) electrons. The average molecular weight is 329 g/mol. The zero-order valence-electron chi connectivity index (χ0n) is 11.2. The predicted octanol–water partition coefficient (Wildman–Crippen LogP) is 1.97. The fourth-order valence-corrected chi connectivity index (χ4v) is 2.08. The van der Waals surface area contributed by atoms with E-state index in [1.807, 2.05) is 0 Å². The van der Waals surface area contributed by atoms with Gasteiger partial charge in [-0.15, -0.1) is 0 Å². The second kappa shape index (κ2) is 6.56. The lowest BCUT2D eigenvalue weighted by Crippen LogP contribution is -2.33. The maximum absolute atomic E-state index is 12.3. The lowest BCUT2D eigenvalue weighted by atomic mass is 10.1. The number of likely N-dealkylation sites (N-methyl/N-ethyl adjacent to an activating group) is 1. The third kappa shape index (κ3) is 3.96. The first-order chi connectivity index (χ1) is 8.86. The minimum atomic E-state index is -0.432. The summed E-state index contributed by atoms with van der Waals surface area (Å²) in [5.74, 6) is -0.697. The number of benzene rings is 1. The molecule has 2 N–H and O–H groups in total. The van der Waals surface area contributed by atoms with Crippen LogP contribution in [0.2, 0.25) is 0 Å². The van der Waals surface area contributed by atoms with Gasteiger partial charge in [-0.3, -0.25) is 9.59 Å². The van der Waals surface area contributed by atoms with E-state index in [0.717, 1.165) is 4.47 Å². The van der Waals surface area contributed by atoms with Gasteiger partial charge in [0, 0.05) is 22.8 Å². The number of nitrogens with zero attached hydrogens (tertiary/aromatic N) is 1. The Morgan fingerprint density at radius 2 is 2.05 bits per heavy atom. The average Bonchev–Trinajstić information content (AvgIpc) is 2.33. The Bertz CT molecular complexity index is 503. The van der Waals surface area contributed by atoms with Crippen LogP contribution in [-0.4, -0.2) is 37.0 Å². The molecule has 1 rings (SSSR count). The van der Waals surface area contributed by atoms with Crippen LogP contribution in [0.5, 0.6) is 0 Å². The molecular formula is C13H17BrN2O3. The van der Waals surface area contributed by atoms with Crippen LogP contribution in [-0.2, 0) is 9.53 Å². The summed E-state index contributed by atoms with van der Waals surface area (Å²) in [5, 5.41) is 0. The highest BCUT2D eigenvalue weighted by Gasteiger charge is 2.18. The largest absolute Gasteiger partial charge is 0.465 e. The molecule has 19 heavy (non-hydrogen) atoms. The second-order valence-electron chi connectivity index (χ2n) is 4.13. The number of rotatable bonds is 4. The van der Waals surface area contributed by atoms with E-state index in [4.69, 9.17) is 10.5 Å². The predicted molar refractivity (Wildman–Crippen MR) is 76.9 cm³/mol. The summed E-state index contributed by atoms with van der Waals surface area (Å²) >= 11 is 3.30. The van der Waals surface area contributed by atoms with E-state index in [1.54, 1.807) is 33.0 Å². The first-order valence-electron chi connectivity index (χ1n) is 5.83. The highest BCUT2D eigenvalue weighted by molar-refractivity contribution is 9.10. The van der Waals surface area contributed by atoms with Gasteiger partial charge in [0.15, 0.2) is 0 Å². The Morgan fingerprint density at radius 3 is 2.63 bits per heavy atom. The molecule has 1 amide bonds. The van der Waals surface area contributed by atoms with Crippen LogP contribution in [0, 0.1) is 6.92 Å². The van der Waals surface area contributed by atoms with Gasteiger partial charge in [-0.1, -0.05) is 15.9 Å². The van der Waals surface area contributed by atoms with Crippen molar-refractivity contribution in [3.63, 3.8) is 0 Å². The van der Waals surface area contributed by atoms with E-state index in [-0.39, 0.29) is 12.5 Å². The fourth-order valence-electron chi connectivity index (χ4n) is 1.60. The lowest BCUT2D eigenvalue weighted by molar-refractivity contribution is -0.143. The number of nitrogens with two attached hydrogens (primary N) is 1. The van der Waals surface area contributed by atoms with E-state index in [2.05, 4.69) is 15.9 Å². The molecule has 104 valence electrons. The summed E-state index contributed by atoms with van der Waals surface area (Å²) in [6.45, 7) is 3.70. The number of amides is 1. The van der Waals surface area contributed by atoms with Crippen molar-refractivity contribution in [1.29, 1.82) is 0 Å². The van der Waals surface area contributed by atoms with Crippen molar-refractivity contribution in [2.75, 3.05) is 25.9 Å². The van der Waals surface area contributed by atoms with E-state index >= 15 is 0 Å². The molecule has 0 saturated heterocycles. The molecule has 0 aliphatic carbocycles. The highest BCUT2D eigenvalue weighted by atomic mass is 79.9. The molecule has 0 aromatic heterocycles. The van der Waals surface area contributed by atoms with Crippen LogP contribution < -0.4 is 5.73 Å². The number of carbonyl (C=O) groups is 2. The Hall–Kier alpha value is -1.56. The van der Waals surface area contributed by atoms with Crippen LogP contribution >= 0.6 is 15.9 Å². The monoisotopic (exact) mass is 328 g/mol. The maximum atomic E-state index is 12.3. The van der Waals surface area contributed by atoms with E-state index in [9.17, 15) is 9.59 Å². The summed E-state index contributed by atoms with van der Waals surface area (Å²) in [7, 11) is 1.55. The third-order valence-electron chi connectivity index (χ3n) is 2.66. The van der Waals surface area contributed by atoms with Gasteiger partial charge < -0.3 is 15.4 Å². The second-order valence-corrected chi connectivity index (χ2v) is 5.05. The van der Waals surface area contributed by atoms with E-state index < -0.39 is 5.97 Å². The number of anilines is 1. The van der Waals surface area contributed by atoms with Crippen molar-refractivity contribution in [3.8, 4) is 0 Å². The highest BCUT2D eigenvalue weighted by Crippen LogP contribution is 2.23. The van der Waals surface area contributed by atoms with Crippen LogP contribution in [0.25, 0.3) is 0 Å². The molecule has 1 aromatic rings. The molecule has 0 unspecified atom stereocenters. The Labute approximate surface area is 120 Å². The first-order valence-corrected chi connectivity index (χ1v) is 6.62. The molecule has 0 fully saturated rings. The van der Waals surface area contributed by atoms with Gasteiger partial charge in [0.25, 0.3) is 5.91 Å². The normalized spacial score (nSPS) is 10.1. The van der Waals surface area contributed by atoms with Gasteiger partial charge >= 0.3 is 5.97 Å². The standard InChI is InChI=1S/C13H17BrN2O3/c1-4-19-12(17)7-16(3)13(18)10-5-9(14)6-11(15)8(10)2/h5-6H,4,7,15H2,1-3H3. The molecule has 0 spiro atoms. The molecule has 0 bridgehead atoms. The smallest absolute Gasteiger partial charge is 0.325 e. The molecule has 6 heteroatoms. The van der Waals surface area contributed by atoms with E-state index in [1.165, 1.54) is 4.90 Å². The Kier molecular flexibility index (Phi) is 5.35. The van der Waals surface area contributed by atoms with Crippen molar-refractivity contribution >= 4 is 33.5 Å². The molecule has 0 saturated carbocycles. The minimum absolute atomic E-state index is 0.0848. The topological polar surface area (TPSA) is 72.6 Å². The molecule has 0 atom stereocenters. The van der Waals surface area contributed by atoms with Crippen LogP contribution in [0.15, 0.2) is 16.6 Å². The van der Waals surface area contributed by atoms with Crippen LogP contribution in [0.3, 0.4) is 0 Å². The number of nitrogen functional groups attached to an aromatic ring is 1. The number of carbonyl (C=O) groups excluding carboxylic acids is 2. The van der Waals surface area contributed by atoms with Crippen molar-refractivity contribution < 1.29 is 14.3 Å². The van der Waals surface area contributed by atoms with Crippen molar-refractivity contribution in [1.82, 2.24) is 4.90 Å².